The van der Waals surface area contributed by atoms with Crippen molar-refractivity contribution in [3.8, 4) is 5.75 Å². The third kappa shape index (κ3) is 4.50. The minimum Gasteiger partial charge on any atom is -0.426 e. The second-order valence-electron chi connectivity index (χ2n) is 5.78. The normalized spacial score (nSPS) is 11.0. The Labute approximate surface area is 174 Å². The standard InChI is InChI=1S/C18H13N3O7S2/c1-11(22)28-15-5-3-2-4-14(15)17(23)20-18-19-10-16(29-18)30(26,27)13-8-6-12(7-9-13)21(24)25/h2-10H,1H3,(H,19,20,23). The van der Waals surface area contributed by atoms with E-state index in [0.717, 1.165) is 30.5 Å². The van der Waals surface area contributed by atoms with E-state index in [1.807, 2.05) is 0 Å². The molecule has 0 unspecified atom stereocenters. The number of carbonyl (C=O) groups is 2. The summed E-state index contributed by atoms with van der Waals surface area (Å²) in [5.41, 5.74) is -0.166. The van der Waals surface area contributed by atoms with Gasteiger partial charge >= 0.3 is 5.97 Å². The number of carbonyl (C=O) groups excluding carboxylic acids is 2. The number of sulfone groups is 1. The van der Waals surface area contributed by atoms with Crippen LogP contribution in [0.2, 0.25) is 0 Å². The molecular weight excluding hydrogens is 434 g/mol. The highest BCUT2D eigenvalue weighted by Crippen LogP contribution is 2.30. The SMILES string of the molecule is CC(=O)Oc1ccccc1C(=O)Nc1ncc(S(=O)(=O)c2ccc([N+](=O)[O-])cc2)s1. The summed E-state index contributed by atoms with van der Waals surface area (Å²) in [6.45, 7) is 1.20. The van der Waals surface area contributed by atoms with Crippen LogP contribution in [0.3, 0.4) is 0 Å². The number of para-hydroxylation sites is 1. The van der Waals surface area contributed by atoms with Gasteiger partial charge in [0.05, 0.1) is 21.6 Å². The van der Waals surface area contributed by atoms with Crippen molar-refractivity contribution in [3.63, 3.8) is 0 Å². The Bertz CT molecular complexity index is 1230. The Morgan fingerprint density at radius 3 is 2.43 bits per heavy atom. The van der Waals surface area contributed by atoms with E-state index in [9.17, 15) is 28.1 Å². The molecule has 1 N–H and O–H groups in total. The molecule has 154 valence electrons. The summed E-state index contributed by atoms with van der Waals surface area (Å²) in [6, 6.07) is 10.5. The molecule has 2 aromatic carbocycles. The molecule has 10 nitrogen and oxygen atoms in total. The summed E-state index contributed by atoms with van der Waals surface area (Å²) in [5.74, 6) is -1.18. The number of hydrogen-bond donors (Lipinski definition) is 1. The topological polar surface area (TPSA) is 146 Å². The molecule has 0 saturated heterocycles. The molecule has 0 atom stereocenters. The number of esters is 1. The van der Waals surface area contributed by atoms with Gasteiger partial charge in [-0.05, 0) is 24.3 Å². The zero-order chi connectivity index (χ0) is 21.9. The summed E-state index contributed by atoms with van der Waals surface area (Å²) in [4.78, 5) is 37.5. The van der Waals surface area contributed by atoms with E-state index < -0.39 is 26.6 Å². The zero-order valence-corrected chi connectivity index (χ0v) is 16.9. The highest BCUT2D eigenvalue weighted by molar-refractivity contribution is 7.93. The number of aromatic nitrogens is 1. The van der Waals surface area contributed by atoms with Gasteiger partial charge in [0.15, 0.2) is 5.13 Å². The van der Waals surface area contributed by atoms with Gasteiger partial charge in [-0.15, -0.1) is 0 Å². The highest BCUT2D eigenvalue weighted by Gasteiger charge is 2.23. The Hall–Kier alpha value is -3.64. The van der Waals surface area contributed by atoms with E-state index in [1.54, 1.807) is 12.1 Å². The molecule has 3 rings (SSSR count). The maximum atomic E-state index is 12.7. The van der Waals surface area contributed by atoms with E-state index in [1.165, 1.54) is 19.1 Å². The van der Waals surface area contributed by atoms with E-state index in [4.69, 9.17) is 4.74 Å². The molecule has 0 aliphatic carbocycles. The summed E-state index contributed by atoms with van der Waals surface area (Å²) >= 11 is 0.715. The average Bonchev–Trinajstić information content (AvgIpc) is 3.17. The molecular formula is C18H13N3O7S2. The number of nitrogens with one attached hydrogen (secondary N) is 1. The van der Waals surface area contributed by atoms with Crippen LogP contribution >= 0.6 is 11.3 Å². The van der Waals surface area contributed by atoms with Gasteiger partial charge in [-0.1, -0.05) is 23.5 Å². The third-order valence-electron chi connectivity index (χ3n) is 3.71. The maximum absolute atomic E-state index is 12.7. The van der Waals surface area contributed by atoms with Crippen LogP contribution in [0.5, 0.6) is 5.75 Å². The molecule has 1 aromatic heterocycles. The van der Waals surface area contributed by atoms with Crippen LogP contribution in [-0.2, 0) is 14.6 Å². The fourth-order valence-electron chi connectivity index (χ4n) is 2.37. The Kier molecular flexibility index (Phi) is 5.89. The fourth-order valence-corrected chi connectivity index (χ4v) is 4.79. The van der Waals surface area contributed by atoms with Crippen molar-refractivity contribution in [1.82, 2.24) is 4.98 Å². The molecule has 0 aliphatic heterocycles. The maximum Gasteiger partial charge on any atom is 0.308 e. The molecule has 0 radical (unpaired) electrons. The van der Waals surface area contributed by atoms with Gasteiger partial charge in [-0.3, -0.25) is 25.0 Å². The quantitative estimate of drug-likeness (QED) is 0.263. The second kappa shape index (κ2) is 8.39. The van der Waals surface area contributed by atoms with Crippen molar-refractivity contribution in [2.75, 3.05) is 5.32 Å². The van der Waals surface area contributed by atoms with Gasteiger partial charge in [0, 0.05) is 19.1 Å². The number of non-ortho nitro benzene ring substituents is 1. The van der Waals surface area contributed by atoms with E-state index in [-0.39, 0.29) is 31.2 Å². The average molecular weight is 447 g/mol. The van der Waals surface area contributed by atoms with Gasteiger partial charge < -0.3 is 4.74 Å². The first-order valence-corrected chi connectivity index (χ1v) is 10.5. The van der Waals surface area contributed by atoms with Gasteiger partial charge in [0.2, 0.25) is 9.84 Å². The van der Waals surface area contributed by atoms with Crippen LogP contribution in [0.4, 0.5) is 10.8 Å². The van der Waals surface area contributed by atoms with Crippen LogP contribution in [0.25, 0.3) is 0 Å². The van der Waals surface area contributed by atoms with Gasteiger partial charge in [-0.25, -0.2) is 13.4 Å². The summed E-state index contributed by atoms with van der Waals surface area (Å²) < 4.78 is 30.2. The Morgan fingerprint density at radius 1 is 1.13 bits per heavy atom. The molecule has 0 saturated carbocycles. The molecule has 0 fully saturated rings. The van der Waals surface area contributed by atoms with Crippen LogP contribution in [-0.4, -0.2) is 30.2 Å². The van der Waals surface area contributed by atoms with Crippen molar-refractivity contribution in [2.45, 2.75) is 16.0 Å². The summed E-state index contributed by atoms with van der Waals surface area (Å²) in [7, 11) is -3.97. The van der Waals surface area contributed by atoms with Crippen molar-refractivity contribution >= 4 is 43.9 Å². The van der Waals surface area contributed by atoms with E-state index in [0.29, 0.717) is 11.3 Å². The van der Waals surface area contributed by atoms with Gasteiger partial charge in [-0.2, -0.15) is 0 Å². The lowest BCUT2D eigenvalue weighted by Crippen LogP contribution is -2.14. The van der Waals surface area contributed by atoms with Crippen LogP contribution in [0.15, 0.2) is 63.8 Å². The molecule has 0 bridgehead atoms. The van der Waals surface area contributed by atoms with Crippen molar-refractivity contribution in [1.29, 1.82) is 0 Å². The number of rotatable bonds is 6. The van der Waals surface area contributed by atoms with Crippen LogP contribution in [0.1, 0.15) is 17.3 Å². The third-order valence-corrected chi connectivity index (χ3v) is 6.86. The molecule has 12 heteroatoms. The number of anilines is 1. The molecule has 30 heavy (non-hydrogen) atoms. The number of amides is 1. The Morgan fingerprint density at radius 2 is 1.80 bits per heavy atom. The zero-order valence-electron chi connectivity index (χ0n) is 15.3. The van der Waals surface area contributed by atoms with Crippen LogP contribution in [0, 0.1) is 10.1 Å². The number of thiazole rings is 1. The van der Waals surface area contributed by atoms with Crippen molar-refractivity contribution in [2.24, 2.45) is 0 Å². The smallest absolute Gasteiger partial charge is 0.308 e. The Balaban J connectivity index is 1.82. The van der Waals surface area contributed by atoms with E-state index >= 15 is 0 Å². The minimum absolute atomic E-state index is 0.0121. The number of benzene rings is 2. The van der Waals surface area contributed by atoms with Crippen molar-refractivity contribution < 1.29 is 27.7 Å². The molecule has 1 heterocycles. The predicted octanol–water partition coefficient (Wildman–Crippen LogP) is 3.06. The van der Waals surface area contributed by atoms with Crippen molar-refractivity contribution in [3.05, 3.63) is 70.4 Å². The first kappa shape index (κ1) is 21.1. The molecule has 1 amide bonds. The predicted molar refractivity (Wildman–Crippen MR) is 106 cm³/mol. The van der Waals surface area contributed by atoms with Gasteiger partial charge in [0.1, 0.15) is 9.96 Å². The fraction of sp³-hybridized carbons (Fsp3) is 0.0556. The summed E-state index contributed by atoms with van der Waals surface area (Å²) in [5, 5.41) is 13.2. The number of hydrogen-bond acceptors (Lipinski definition) is 9. The monoisotopic (exact) mass is 447 g/mol. The molecule has 3 aromatic rings. The van der Waals surface area contributed by atoms with Gasteiger partial charge in [0.25, 0.3) is 11.6 Å². The lowest BCUT2D eigenvalue weighted by atomic mass is 10.2. The number of nitro benzene ring substituents is 1. The highest BCUT2D eigenvalue weighted by atomic mass is 32.2. The molecule has 0 spiro atoms. The van der Waals surface area contributed by atoms with Crippen LogP contribution < -0.4 is 10.1 Å². The number of ether oxygens (including phenoxy) is 1. The first-order chi connectivity index (χ1) is 14.2. The lowest BCUT2D eigenvalue weighted by Gasteiger charge is -2.07. The minimum atomic E-state index is -3.97. The number of nitro groups is 1. The molecule has 0 aliphatic rings. The van der Waals surface area contributed by atoms with E-state index in [2.05, 4.69) is 10.3 Å². The number of nitrogens with zero attached hydrogens (tertiary/aromatic N) is 2. The first-order valence-electron chi connectivity index (χ1n) is 8.22. The lowest BCUT2D eigenvalue weighted by molar-refractivity contribution is -0.384. The summed E-state index contributed by atoms with van der Waals surface area (Å²) in [6.07, 6.45) is 1.08. The largest absolute Gasteiger partial charge is 0.426 e. The second-order valence-corrected chi connectivity index (χ2v) is 8.99.